The Morgan fingerprint density at radius 2 is 1.19 bits per heavy atom. The number of ether oxygens (including phenoxy) is 1. The van der Waals surface area contributed by atoms with Gasteiger partial charge in [-0.25, -0.2) is 0 Å². The van der Waals surface area contributed by atoms with Gasteiger partial charge < -0.3 is 4.74 Å². The number of alkyl halides is 1. The molecule has 2 aromatic carbocycles. The molecule has 2 fully saturated rings. The molecule has 4 rings (SSSR count). The van der Waals surface area contributed by atoms with Crippen molar-refractivity contribution in [3.8, 4) is 0 Å². The Kier molecular flexibility index (Phi) is 10.9. The molecule has 0 N–H and O–H groups in total. The molecule has 1 nitrogen and oxygen atoms in total. The van der Waals surface area contributed by atoms with E-state index in [1.54, 1.807) is 0 Å². The number of hydrogen-bond acceptors (Lipinski definition) is 1. The molecule has 0 bridgehead atoms. The van der Waals surface area contributed by atoms with Gasteiger partial charge in [0.05, 0.1) is 12.8 Å². The van der Waals surface area contributed by atoms with E-state index >= 15 is 0 Å². The molecule has 0 heterocycles. The predicted molar refractivity (Wildman–Crippen MR) is 151 cm³/mol. The summed E-state index contributed by atoms with van der Waals surface area (Å²) in [6, 6.07) is 19.0. The zero-order valence-corrected chi connectivity index (χ0v) is 22.9. The lowest BCUT2D eigenvalue weighted by molar-refractivity contribution is 0.0480. The minimum absolute atomic E-state index is 0.148. The maximum atomic E-state index is 12.3. The van der Waals surface area contributed by atoms with Crippen LogP contribution >= 0.6 is 0 Å². The third-order valence-corrected chi connectivity index (χ3v) is 9.50. The fraction of sp³-hybridized carbons (Fsp3) is 0.647. The lowest BCUT2D eigenvalue weighted by Gasteiger charge is -2.31. The Morgan fingerprint density at radius 1 is 0.694 bits per heavy atom. The Labute approximate surface area is 220 Å². The summed E-state index contributed by atoms with van der Waals surface area (Å²) in [4.78, 5) is 0. The highest BCUT2D eigenvalue weighted by Gasteiger charge is 2.26. The molecule has 2 saturated carbocycles. The molecule has 0 aliphatic heterocycles. The van der Waals surface area contributed by atoms with Crippen LogP contribution in [-0.2, 0) is 17.6 Å². The third-order valence-electron chi connectivity index (χ3n) is 9.50. The number of hydrogen-bond donors (Lipinski definition) is 0. The third kappa shape index (κ3) is 7.91. The zero-order valence-electron chi connectivity index (χ0n) is 22.9. The Balaban J connectivity index is 1.18. The van der Waals surface area contributed by atoms with Crippen molar-refractivity contribution in [2.24, 2.45) is 11.8 Å². The Bertz CT molecular complexity index is 857. The molecule has 2 aromatic rings. The standard InChI is InChI=1S/C34H49FO/c1-26(36-2)30-21-23-34(24-22-30)33-19-13-29(14-20-33)8-7-28-11-17-32(18-12-28)31-15-9-27(10-16-31)6-4-3-5-25-35/h11-14,17-20,26-27,30-31,34H,3-10,15-16,21-25H2,1-2H3. The molecule has 0 aromatic heterocycles. The number of halogens is 1. The second-order valence-electron chi connectivity index (χ2n) is 11.8. The number of aryl methyl sites for hydroxylation is 2. The largest absolute Gasteiger partial charge is 0.381 e. The lowest BCUT2D eigenvalue weighted by atomic mass is 9.76. The summed E-state index contributed by atoms with van der Waals surface area (Å²) in [5, 5.41) is 0. The van der Waals surface area contributed by atoms with E-state index < -0.39 is 0 Å². The minimum atomic E-state index is -0.148. The monoisotopic (exact) mass is 492 g/mol. The van der Waals surface area contributed by atoms with Crippen LogP contribution in [0.1, 0.15) is 118 Å². The fourth-order valence-electron chi connectivity index (χ4n) is 6.80. The van der Waals surface area contributed by atoms with Crippen molar-refractivity contribution in [3.63, 3.8) is 0 Å². The summed E-state index contributed by atoms with van der Waals surface area (Å²) in [7, 11) is 1.84. The van der Waals surface area contributed by atoms with Gasteiger partial charge in [-0.3, -0.25) is 4.39 Å². The van der Waals surface area contributed by atoms with Gasteiger partial charge in [-0.05, 0) is 123 Å². The van der Waals surface area contributed by atoms with E-state index in [1.165, 1.54) is 86.5 Å². The van der Waals surface area contributed by atoms with E-state index in [2.05, 4.69) is 55.5 Å². The van der Waals surface area contributed by atoms with E-state index in [1.807, 2.05) is 7.11 Å². The van der Waals surface area contributed by atoms with Crippen LogP contribution in [0.3, 0.4) is 0 Å². The first-order valence-electron chi connectivity index (χ1n) is 14.9. The van der Waals surface area contributed by atoms with E-state index in [0.717, 1.165) is 49.4 Å². The van der Waals surface area contributed by atoms with Gasteiger partial charge in [0.15, 0.2) is 0 Å². The Morgan fingerprint density at radius 3 is 1.67 bits per heavy atom. The van der Waals surface area contributed by atoms with Gasteiger partial charge in [-0.15, -0.1) is 0 Å². The van der Waals surface area contributed by atoms with Gasteiger partial charge in [0, 0.05) is 7.11 Å². The molecular weight excluding hydrogens is 443 g/mol. The summed E-state index contributed by atoms with van der Waals surface area (Å²) in [6.07, 6.45) is 17.5. The van der Waals surface area contributed by atoms with E-state index in [0.29, 0.717) is 6.10 Å². The highest BCUT2D eigenvalue weighted by Crippen LogP contribution is 2.39. The molecule has 0 saturated heterocycles. The number of rotatable bonds is 12. The first-order valence-corrected chi connectivity index (χ1v) is 14.9. The summed E-state index contributed by atoms with van der Waals surface area (Å²) >= 11 is 0. The summed E-state index contributed by atoms with van der Waals surface area (Å²) in [5.74, 6) is 3.07. The number of benzene rings is 2. The van der Waals surface area contributed by atoms with E-state index in [9.17, 15) is 4.39 Å². The predicted octanol–water partition coefficient (Wildman–Crippen LogP) is 9.58. The molecule has 36 heavy (non-hydrogen) atoms. The van der Waals surface area contributed by atoms with Crippen LogP contribution in [0.15, 0.2) is 48.5 Å². The fourth-order valence-corrected chi connectivity index (χ4v) is 6.80. The van der Waals surface area contributed by atoms with Crippen LogP contribution in [-0.4, -0.2) is 19.9 Å². The van der Waals surface area contributed by atoms with Crippen molar-refractivity contribution in [1.82, 2.24) is 0 Å². The van der Waals surface area contributed by atoms with Gasteiger partial charge in [-0.1, -0.05) is 67.8 Å². The molecule has 1 atom stereocenters. The molecule has 0 amide bonds. The number of unbranched alkanes of at least 4 members (excludes halogenated alkanes) is 2. The van der Waals surface area contributed by atoms with E-state index in [4.69, 9.17) is 4.74 Å². The topological polar surface area (TPSA) is 9.23 Å². The molecular formula is C34H49FO. The van der Waals surface area contributed by atoms with Crippen LogP contribution in [0.2, 0.25) is 0 Å². The smallest absolute Gasteiger partial charge is 0.0894 e. The first kappa shape index (κ1) is 27.4. The maximum absolute atomic E-state index is 12.3. The molecule has 0 spiro atoms. The van der Waals surface area contributed by atoms with Crippen molar-refractivity contribution < 1.29 is 9.13 Å². The van der Waals surface area contributed by atoms with Gasteiger partial charge in [0.2, 0.25) is 0 Å². The second-order valence-corrected chi connectivity index (χ2v) is 11.8. The van der Waals surface area contributed by atoms with Crippen molar-refractivity contribution in [2.45, 2.75) is 115 Å². The zero-order chi connectivity index (χ0) is 25.2. The second kappa shape index (κ2) is 14.3. The summed E-state index contributed by atoms with van der Waals surface area (Å²) < 4.78 is 17.8. The minimum Gasteiger partial charge on any atom is -0.381 e. The summed E-state index contributed by atoms with van der Waals surface area (Å²) in [5.41, 5.74) is 5.97. The van der Waals surface area contributed by atoms with Crippen molar-refractivity contribution >= 4 is 0 Å². The highest BCUT2D eigenvalue weighted by atomic mass is 19.1. The van der Waals surface area contributed by atoms with E-state index in [-0.39, 0.29) is 6.67 Å². The van der Waals surface area contributed by atoms with Crippen molar-refractivity contribution in [1.29, 1.82) is 0 Å². The van der Waals surface area contributed by atoms with Gasteiger partial charge >= 0.3 is 0 Å². The Hall–Kier alpha value is -1.67. The van der Waals surface area contributed by atoms with Crippen molar-refractivity contribution in [2.75, 3.05) is 13.8 Å². The number of methoxy groups -OCH3 is 1. The normalized spacial score (nSPS) is 25.5. The van der Waals surface area contributed by atoms with Crippen LogP contribution in [0.5, 0.6) is 0 Å². The van der Waals surface area contributed by atoms with Crippen LogP contribution in [0.25, 0.3) is 0 Å². The lowest BCUT2D eigenvalue weighted by Crippen LogP contribution is -2.24. The summed E-state index contributed by atoms with van der Waals surface area (Å²) in [6.45, 7) is 2.07. The van der Waals surface area contributed by atoms with Gasteiger partial charge in [-0.2, -0.15) is 0 Å². The van der Waals surface area contributed by atoms with Crippen molar-refractivity contribution in [3.05, 3.63) is 70.8 Å². The SMILES string of the molecule is COC(C)C1CCC(c2ccc(CCc3ccc(C4CCC(CCCCCF)CC4)cc3)cc2)CC1. The van der Waals surface area contributed by atoms with Crippen LogP contribution < -0.4 is 0 Å². The molecule has 2 heteroatoms. The molecule has 198 valence electrons. The average molecular weight is 493 g/mol. The first-order chi connectivity index (χ1) is 17.7. The molecule has 2 aliphatic carbocycles. The van der Waals surface area contributed by atoms with Gasteiger partial charge in [0.25, 0.3) is 0 Å². The molecule has 1 unspecified atom stereocenters. The average Bonchev–Trinajstić information content (AvgIpc) is 2.95. The molecule has 2 aliphatic rings. The van der Waals surface area contributed by atoms with Crippen LogP contribution in [0.4, 0.5) is 4.39 Å². The molecule has 0 radical (unpaired) electrons. The highest BCUT2D eigenvalue weighted by molar-refractivity contribution is 5.29. The van der Waals surface area contributed by atoms with Crippen LogP contribution in [0, 0.1) is 11.8 Å². The maximum Gasteiger partial charge on any atom is 0.0894 e. The quantitative estimate of drug-likeness (QED) is 0.268. The van der Waals surface area contributed by atoms with Gasteiger partial charge in [0.1, 0.15) is 0 Å².